The Morgan fingerprint density at radius 1 is 1.10 bits per heavy atom. The number of hydroxylamine groups is 2. The molecular formula is C25H24F3NO9S. The van der Waals surface area contributed by atoms with Crippen molar-refractivity contribution in [2.24, 2.45) is 16.7 Å². The third kappa shape index (κ3) is 4.35. The highest BCUT2D eigenvalue weighted by molar-refractivity contribution is 7.87. The van der Waals surface area contributed by atoms with E-state index in [9.17, 15) is 45.9 Å². The Hall–Kier alpha value is -3.52. The second-order valence-electron chi connectivity index (χ2n) is 10.6. The molecule has 0 radical (unpaired) electrons. The normalized spacial score (nSPS) is 28.0. The van der Waals surface area contributed by atoms with Crippen molar-refractivity contribution >= 4 is 45.5 Å². The minimum atomic E-state index is -6.38. The first-order chi connectivity index (χ1) is 17.8. The van der Waals surface area contributed by atoms with Gasteiger partial charge in [0.15, 0.2) is 0 Å². The van der Waals surface area contributed by atoms with Gasteiger partial charge in [-0.15, -0.1) is 9.35 Å². The summed E-state index contributed by atoms with van der Waals surface area (Å²) in [5.74, 6) is -5.63. The molecule has 1 aromatic carbocycles. The first kappa shape index (κ1) is 28.5. The van der Waals surface area contributed by atoms with Crippen molar-refractivity contribution in [3.05, 3.63) is 47.0 Å². The van der Waals surface area contributed by atoms with Gasteiger partial charge in [-0.3, -0.25) is 19.2 Å². The van der Waals surface area contributed by atoms with Crippen LogP contribution in [0.3, 0.4) is 0 Å². The maximum atomic E-state index is 13.3. The third-order valence-electron chi connectivity index (χ3n) is 7.98. The molecular weight excluding hydrogens is 547 g/mol. The summed E-state index contributed by atoms with van der Waals surface area (Å²) in [4.78, 5) is 51.3. The van der Waals surface area contributed by atoms with Crippen LogP contribution in [0.15, 0.2) is 30.4 Å². The molecule has 2 aliphatic carbocycles. The molecule has 210 valence electrons. The van der Waals surface area contributed by atoms with Gasteiger partial charge >= 0.3 is 27.6 Å². The van der Waals surface area contributed by atoms with E-state index in [1.165, 1.54) is 44.2 Å². The van der Waals surface area contributed by atoms with E-state index in [2.05, 4.69) is 4.28 Å². The third-order valence-corrected chi connectivity index (χ3v) is 8.89. The van der Waals surface area contributed by atoms with E-state index in [1.807, 2.05) is 0 Å². The highest BCUT2D eigenvalue weighted by Gasteiger charge is 2.59. The van der Waals surface area contributed by atoms with Gasteiger partial charge in [-0.25, -0.2) is 0 Å². The number of alkyl halides is 3. The summed E-state index contributed by atoms with van der Waals surface area (Å²) in [7, 11) is -6.38. The summed E-state index contributed by atoms with van der Waals surface area (Å²) in [5, 5.41) is 9.26. The number of esters is 1. The number of halogens is 3. The lowest BCUT2D eigenvalue weighted by Crippen LogP contribution is -2.46. The van der Waals surface area contributed by atoms with Crippen molar-refractivity contribution in [2.75, 3.05) is 0 Å². The van der Waals surface area contributed by atoms with Crippen molar-refractivity contribution < 1.29 is 54.9 Å². The molecule has 1 aliphatic heterocycles. The van der Waals surface area contributed by atoms with Crippen LogP contribution in [0.4, 0.5) is 13.2 Å². The van der Waals surface area contributed by atoms with E-state index in [0.29, 0.717) is 0 Å². The number of rotatable bonds is 5. The quantitative estimate of drug-likeness (QED) is 0.318. The average Bonchev–Trinajstić information content (AvgIpc) is 2.96. The van der Waals surface area contributed by atoms with Crippen LogP contribution in [0.5, 0.6) is 0 Å². The van der Waals surface area contributed by atoms with E-state index < -0.39 is 72.4 Å². The van der Waals surface area contributed by atoms with E-state index in [0.717, 1.165) is 6.08 Å². The van der Waals surface area contributed by atoms with Crippen molar-refractivity contribution in [1.29, 1.82) is 0 Å². The monoisotopic (exact) mass is 571 g/mol. The zero-order chi connectivity index (χ0) is 29.3. The number of benzene rings is 1. The molecule has 3 unspecified atom stereocenters. The number of aliphatic carboxylic acids is 1. The Labute approximate surface area is 221 Å². The zero-order valence-electron chi connectivity index (χ0n) is 21.2. The summed E-state index contributed by atoms with van der Waals surface area (Å²) in [5.41, 5.74) is -10.3. The van der Waals surface area contributed by atoms with Gasteiger partial charge in [0.2, 0.25) is 0 Å². The van der Waals surface area contributed by atoms with Gasteiger partial charge in [0.05, 0.1) is 22.5 Å². The first-order valence-electron chi connectivity index (χ1n) is 11.7. The van der Waals surface area contributed by atoms with Crippen LogP contribution in [0.2, 0.25) is 0 Å². The number of carbonyl (C=O) groups is 4. The van der Waals surface area contributed by atoms with Crippen molar-refractivity contribution in [3.63, 3.8) is 0 Å². The lowest BCUT2D eigenvalue weighted by molar-refractivity contribution is -0.164. The van der Waals surface area contributed by atoms with E-state index >= 15 is 0 Å². The first-order valence-corrected chi connectivity index (χ1v) is 13.1. The molecule has 10 nitrogen and oxygen atoms in total. The summed E-state index contributed by atoms with van der Waals surface area (Å²) in [6, 6.07) is 4.04. The molecule has 4 rings (SSSR count). The van der Waals surface area contributed by atoms with E-state index in [4.69, 9.17) is 4.74 Å². The van der Waals surface area contributed by atoms with Gasteiger partial charge in [-0.05, 0) is 55.9 Å². The van der Waals surface area contributed by atoms with E-state index in [-0.39, 0.29) is 29.5 Å². The smallest absolute Gasteiger partial charge is 0.481 e. The number of imide groups is 1. The van der Waals surface area contributed by atoms with Crippen LogP contribution in [0, 0.1) is 16.7 Å². The minimum Gasteiger partial charge on any atom is -0.481 e. The number of carbonyl (C=O) groups excluding carboxylic acids is 3. The Morgan fingerprint density at radius 2 is 1.74 bits per heavy atom. The number of hydrogen-bond acceptors (Lipinski definition) is 8. The second kappa shape index (κ2) is 8.74. The predicted molar refractivity (Wildman–Crippen MR) is 127 cm³/mol. The Morgan fingerprint density at radius 3 is 2.31 bits per heavy atom. The number of ether oxygens (including phenoxy) is 1. The SMILES string of the molecule is CC1(OC(=O)C2CCC(C)(C(=O)O)C2(C)C)C=Cc2cccc3c2C(=C1)C(=O)N(OS(=O)(=O)C(F)(F)F)C3=O. The van der Waals surface area contributed by atoms with Gasteiger partial charge in [-0.1, -0.05) is 32.1 Å². The summed E-state index contributed by atoms with van der Waals surface area (Å²) < 4.78 is 71.8. The number of carboxylic acid groups (broad SMARTS) is 1. The molecule has 1 heterocycles. The van der Waals surface area contributed by atoms with Gasteiger partial charge in [-0.2, -0.15) is 21.6 Å². The zero-order valence-corrected chi connectivity index (χ0v) is 22.0. The van der Waals surface area contributed by atoms with Crippen molar-refractivity contribution in [3.8, 4) is 0 Å². The lowest BCUT2D eigenvalue weighted by atomic mass is 9.66. The summed E-state index contributed by atoms with van der Waals surface area (Å²) in [6.45, 7) is 6.19. The fourth-order valence-electron chi connectivity index (χ4n) is 5.18. The predicted octanol–water partition coefficient (Wildman–Crippen LogP) is 3.69. The summed E-state index contributed by atoms with van der Waals surface area (Å²) >= 11 is 0. The largest absolute Gasteiger partial charge is 0.525 e. The molecule has 1 saturated carbocycles. The average molecular weight is 572 g/mol. The second-order valence-corrected chi connectivity index (χ2v) is 12.1. The van der Waals surface area contributed by atoms with Gasteiger partial charge in [0.25, 0.3) is 11.8 Å². The number of nitrogens with zero attached hydrogens (tertiary/aromatic N) is 1. The molecule has 0 saturated heterocycles. The Bertz CT molecular complexity index is 1480. The maximum Gasteiger partial charge on any atom is 0.525 e. The standard InChI is InChI=1S/C25H24F3NO9S/c1-22(2)16(9-11-24(22,4)21(33)34)20(32)37-23(3)10-8-13-6-5-7-14-17(13)15(12-23)19(31)29(18(14)30)38-39(35,36)25(26,27)28/h5-8,10,12,16H,9,11H2,1-4H3,(H,33,34). The molecule has 0 aromatic heterocycles. The van der Waals surface area contributed by atoms with Crippen LogP contribution >= 0.6 is 0 Å². The topological polar surface area (TPSA) is 144 Å². The molecule has 3 aliphatic rings. The fourth-order valence-corrected chi connectivity index (χ4v) is 5.60. The van der Waals surface area contributed by atoms with Gasteiger partial charge in [0, 0.05) is 5.56 Å². The highest BCUT2D eigenvalue weighted by Crippen LogP contribution is 2.56. The van der Waals surface area contributed by atoms with Crippen LogP contribution in [-0.2, 0) is 33.5 Å². The summed E-state index contributed by atoms with van der Waals surface area (Å²) in [6.07, 6.45) is 4.33. The molecule has 0 bridgehead atoms. The van der Waals surface area contributed by atoms with Crippen LogP contribution in [0.25, 0.3) is 11.6 Å². The van der Waals surface area contributed by atoms with Crippen molar-refractivity contribution in [2.45, 2.75) is 51.6 Å². The van der Waals surface area contributed by atoms with E-state index in [1.54, 1.807) is 13.8 Å². The van der Waals surface area contributed by atoms with Crippen LogP contribution in [0.1, 0.15) is 62.0 Å². The van der Waals surface area contributed by atoms with Gasteiger partial charge in [0.1, 0.15) is 5.60 Å². The molecule has 1 fully saturated rings. The highest BCUT2D eigenvalue weighted by atomic mass is 32.2. The Balaban J connectivity index is 1.75. The number of hydrogen-bond donors (Lipinski definition) is 1. The van der Waals surface area contributed by atoms with Crippen LogP contribution in [-0.4, -0.2) is 53.4 Å². The molecule has 3 atom stereocenters. The minimum absolute atomic E-state index is 0.00701. The fraction of sp³-hybridized carbons (Fsp3) is 0.440. The number of carboxylic acids is 1. The molecule has 0 spiro atoms. The van der Waals surface area contributed by atoms with Crippen molar-refractivity contribution in [1.82, 2.24) is 5.06 Å². The maximum absolute atomic E-state index is 13.3. The molecule has 39 heavy (non-hydrogen) atoms. The molecule has 14 heteroatoms. The van der Waals surface area contributed by atoms with Crippen LogP contribution < -0.4 is 0 Å². The molecule has 1 N–H and O–H groups in total. The lowest BCUT2D eigenvalue weighted by Gasteiger charge is -2.38. The molecule has 1 aromatic rings. The Kier molecular flexibility index (Phi) is 6.39. The molecule has 2 amide bonds. The van der Waals surface area contributed by atoms with Gasteiger partial charge < -0.3 is 9.84 Å². The number of amides is 2.